The minimum absolute atomic E-state index is 0.730. The maximum absolute atomic E-state index is 7.01. The summed E-state index contributed by atoms with van der Waals surface area (Å²) >= 11 is 3.56. The first-order chi connectivity index (χ1) is 9.56. The first-order valence-corrected chi connectivity index (χ1v) is 7.90. The van der Waals surface area contributed by atoms with E-state index < -0.39 is 0 Å². The predicted molar refractivity (Wildman–Crippen MR) is 91.8 cm³/mol. The third kappa shape index (κ3) is 2.31. The maximum atomic E-state index is 7.01. The number of thiophene rings is 2. The Morgan fingerprint density at radius 1 is 1.10 bits per heavy atom. The summed E-state index contributed by atoms with van der Waals surface area (Å²) in [7, 11) is 4.15. The first kappa shape index (κ1) is 13.2. The van der Waals surface area contributed by atoms with Crippen LogP contribution in [-0.4, -0.2) is 14.1 Å². The minimum Gasteiger partial charge on any atom is -0.370 e. The zero-order chi connectivity index (χ0) is 14.3. The summed E-state index contributed by atoms with van der Waals surface area (Å²) in [5.41, 5.74) is 0.730. The Labute approximate surface area is 126 Å². The van der Waals surface area contributed by atoms with Gasteiger partial charge in [0, 0.05) is 28.4 Å². The van der Waals surface area contributed by atoms with E-state index in [0.29, 0.717) is 0 Å². The molecule has 2 aromatic heterocycles. The second-order valence-corrected chi connectivity index (χ2v) is 7.13. The van der Waals surface area contributed by atoms with Crippen molar-refractivity contribution >= 4 is 53.9 Å². The molecule has 1 aromatic carbocycles. The number of anilines is 1. The summed E-state index contributed by atoms with van der Waals surface area (Å²) in [6.45, 7) is 8.85. The van der Waals surface area contributed by atoms with E-state index in [1.54, 1.807) is 11.3 Å². The topological polar surface area (TPSA) is 7.60 Å². The second kappa shape index (κ2) is 4.93. The Kier molecular flexibility index (Phi) is 3.25. The molecule has 0 amide bonds. The molecule has 0 spiro atoms. The van der Waals surface area contributed by atoms with Crippen molar-refractivity contribution in [2.24, 2.45) is 0 Å². The lowest BCUT2D eigenvalue weighted by molar-refractivity contribution is 1.16. The van der Waals surface area contributed by atoms with E-state index in [-0.39, 0.29) is 0 Å². The summed E-state index contributed by atoms with van der Waals surface area (Å²) in [5.74, 6) is 0. The third-order valence-corrected chi connectivity index (χ3v) is 5.44. The van der Waals surface area contributed by atoms with Crippen molar-refractivity contribution in [2.75, 3.05) is 19.0 Å². The highest BCUT2D eigenvalue weighted by atomic mass is 32.1. The number of allylic oxidation sites excluding steroid dienone is 1. The highest BCUT2D eigenvalue weighted by Gasteiger charge is 2.07. The third-order valence-electron chi connectivity index (χ3n) is 3.13. The zero-order valence-corrected chi connectivity index (χ0v) is 13.2. The van der Waals surface area contributed by atoms with Crippen LogP contribution in [0, 0.1) is 6.57 Å². The number of nitrogens with zero attached hydrogens (tertiary/aromatic N) is 2. The van der Waals surface area contributed by atoms with Gasteiger partial charge in [0.15, 0.2) is 5.70 Å². The van der Waals surface area contributed by atoms with Gasteiger partial charge in [0.2, 0.25) is 0 Å². The van der Waals surface area contributed by atoms with Gasteiger partial charge in [0.25, 0.3) is 0 Å². The van der Waals surface area contributed by atoms with Crippen molar-refractivity contribution in [3.8, 4) is 0 Å². The van der Waals surface area contributed by atoms with Crippen LogP contribution in [0.3, 0.4) is 0 Å². The normalized spacial score (nSPS) is 12.0. The van der Waals surface area contributed by atoms with Gasteiger partial charge in [-0.25, -0.2) is 4.85 Å². The van der Waals surface area contributed by atoms with Crippen LogP contribution in [0.2, 0.25) is 0 Å². The van der Waals surface area contributed by atoms with Crippen molar-refractivity contribution in [3.63, 3.8) is 0 Å². The molecule has 0 radical (unpaired) electrons. The van der Waals surface area contributed by atoms with Gasteiger partial charge in [-0.2, -0.15) is 0 Å². The molecule has 3 rings (SSSR count). The first-order valence-electron chi connectivity index (χ1n) is 6.27. The molecule has 0 saturated heterocycles. The lowest BCUT2D eigenvalue weighted by atomic mass is 10.2. The Morgan fingerprint density at radius 3 is 2.40 bits per heavy atom. The smallest absolute Gasteiger partial charge is 0.163 e. The van der Waals surface area contributed by atoms with Gasteiger partial charge < -0.3 is 4.90 Å². The average Bonchev–Trinajstić information content (AvgIpc) is 2.97. The molecule has 0 bridgehead atoms. The second-order valence-electron chi connectivity index (χ2n) is 4.95. The van der Waals surface area contributed by atoms with Gasteiger partial charge in [-0.1, -0.05) is 0 Å². The van der Waals surface area contributed by atoms with E-state index in [2.05, 4.69) is 48.1 Å². The molecule has 0 aliphatic carbocycles. The minimum atomic E-state index is 0.730. The predicted octanol–water partition coefficient (Wildman–Crippen LogP) is 5.46. The lowest BCUT2D eigenvalue weighted by Crippen LogP contribution is -2.05. The Morgan fingerprint density at radius 2 is 1.75 bits per heavy atom. The molecule has 0 aliphatic rings. The van der Waals surface area contributed by atoms with Gasteiger partial charge in [-0.15, -0.1) is 22.7 Å². The molecule has 4 heteroatoms. The van der Waals surface area contributed by atoms with Gasteiger partial charge in [0.05, 0.1) is 11.6 Å². The van der Waals surface area contributed by atoms with Crippen LogP contribution < -0.4 is 4.90 Å². The lowest BCUT2D eigenvalue weighted by Gasteiger charge is -2.06. The molecule has 0 N–H and O–H groups in total. The molecule has 0 atom stereocenters. The van der Waals surface area contributed by atoms with Crippen molar-refractivity contribution in [1.29, 1.82) is 0 Å². The number of fused-ring (bicyclic) bond motifs is 2. The molecular weight excluding hydrogens is 284 g/mol. The zero-order valence-electron chi connectivity index (χ0n) is 11.6. The van der Waals surface area contributed by atoms with Crippen LogP contribution in [0.4, 0.5) is 5.00 Å². The fourth-order valence-corrected chi connectivity index (χ4v) is 4.21. The molecule has 100 valence electrons. The summed E-state index contributed by atoms with van der Waals surface area (Å²) in [4.78, 5) is 6.74. The van der Waals surface area contributed by atoms with Crippen LogP contribution in [0.15, 0.2) is 30.0 Å². The van der Waals surface area contributed by atoms with Crippen LogP contribution >= 0.6 is 22.7 Å². The van der Waals surface area contributed by atoms with Crippen LogP contribution in [0.25, 0.3) is 31.1 Å². The SMILES string of the molecule is [C-]#[N+]/C(C)=C\c1cc2cc3sc(N(C)C)cc3cc2s1. The van der Waals surface area contributed by atoms with E-state index >= 15 is 0 Å². The number of hydrogen-bond donors (Lipinski definition) is 0. The van der Waals surface area contributed by atoms with Crippen LogP contribution in [0.5, 0.6) is 0 Å². The summed E-state index contributed by atoms with van der Waals surface area (Å²) in [5, 5.41) is 3.84. The monoisotopic (exact) mass is 298 g/mol. The van der Waals surface area contributed by atoms with Gasteiger partial charge in [0.1, 0.15) is 0 Å². The van der Waals surface area contributed by atoms with Gasteiger partial charge in [-0.05, 0) is 48.0 Å². The maximum Gasteiger partial charge on any atom is 0.163 e. The van der Waals surface area contributed by atoms with Crippen molar-refractivity contribution < 1.29 is 0 Å². The fourth-order valence-electron chi connectivity index (χ4n) is 2.11. The quantitative estimate of drug-likeness (QED) is 0.570. The average molecular weight is 298 g/mol. The van der Waals surface area contributed by atoms with E-state index in [4.69, 9.17) is 6.57 Å². The molecule has 0 aliphatic heterocycles. The van der Waals surface area contributed by atoms with Gasteiger partial charge in [-0.3, -0.25) is 0 Å². The van der Waals surface area contributed by atoms with E-state index in [1.165, 1.54) is 25.2 Å². The fraction of sp³-hybridized carbons (Fsp3) is 0.188. The largest absolute Gasteiger partial charge is 0.370 e. The molecular formula is C16H14N2S2. The highest BCUT2D eigenvalue weighted by Crippen LogP contribution is 2.37. The number of benzene rings is 1. The Balaban J connectivity index is 2.15. The molecule has 0 saturated carbocycles. The highest BCUT2D eigenvalue weighted by molar-refractivity contribution is 7.23. The van der Waals surface area contributed by atoms with E-state index in [1.807, 2.05) is 24.3 Å². The molecule has 20 heavy (non-hydrogen) atoms. The summed E-state index contributed by atoms with van der Waals surface area (Å²) in [6, 6.07) is 8.91. The molecule has 0 unspecified atom stereocenters. The van der Waals surface area contributed by atoms with Crippen LogP contribution in [-0.2, 0) is 0 Å². The van der Waals surface area contributed by atoms with Crippen molar-refractivity contribution in [3.05, 3.63) is 46.3 Å². The molecule has 0 fully saturated rings. The summed E-state index contributed by atoms with van der Waals surface area (Å²) < 4.78 is 2.60. The van der Waals surface area contributed by atoms with Crippen LogP contribution in [0.1, 0.15) is 11.8 Å². The number of hydrogen-bond acceptors (Lipinski definition) is 3. The van der Waals surface area contributed by atoms with Crippen molar-refractivity contribution in [1.82, 2.24) is 0 Å². The molecule has 3 aromatic rings. The standard InChI is InChI=1S/C16H14N2S2/c1-10(17-2)5-13-6-11-7-15-12(8-14(11)19-13)9-16(20-15)18(3)4/h5-9H,1,3-4H3/b10-5-. The van der Waals surface area contributed by atoms with Gasteiger partial charge >= 0.3 is 0 Å². The van der Waals surface area contributed by atoms with E-state index in [9.17, 15) is 0 Å². The Bertz CT molecular complexity index is 809. The molecule has 2 nitrogen and oxygen atoms in total. The number of rotatable bonds is 2. The Hall–Kier alpha value is -1.83. The summed E-state index contributed by atoms with van der Waals surface area (Å²) in [6.07, 6.45) is 1.96. The van der Waals surface area contributed by atoms with Crippen molar-refractivity contribution in [2.45, 2.75) is 6.92 Å². The van der Waals surface area contributed by atoms with E-state index in [0.717, 1.165) is 10.6 Å². The molecule has 2 heterocycles.